The van der Waals surface area contributed by atoms with Gasteiger partial charge in [-0.15, -0.1) is 10.2 Å². The Labute approximate surface area is 226 Å². The summed E-state index contributed by atoms with van der Waals surface area (Å²) >= 11 is 0. The molecule has 0 saturated heterocycles. The maximum atomic E-state index is 13.4. The van der Waals surface area contributed by atoms with E-state index in [1.54, 1.807) is 32.9 Å². The van der Waals surface area contributed by atoms with Gasteiger partial charge in [-0.1, -0.05) is 74.5 Å². The topological polar surface area (TPSA) is 146 Å². The molecular weight excluding hydrogens is 496 g/mol. The number of carbonyl (C=O) groups is 2. The van der Waals surface area contributed by atoms with E-state index in [4.69, 9.17) is 10.2 Å². The molecule has 0 aliphatic heterocycles. The van der Waals surface area contributed by atoms with Gasteiger partial charge in [0.15, 0.2) is 0 Å². The second-order valence-corrected chi connectivity index (χ2v) is 10.2. The third-order valence-electron chi connectivity index (χ3n) is 6.66. The van der Waals surface area contributed by atoms with Gasteiger partial charge >= 0.3 is 0 Å². The van der Waals surface area contributed by atoms with Crippen LogP contribution in [-0.2, 0) is 16.8 Å². The number of anilines is 1. The molecule has 2 aromatic carbocycles. The van der Waals surface area contributed by atoms with Crippen LogP contribution >= 0.6 is 0 Å². The second kappa shape index (κ2) is 11.0. The van der Waals surface area contributed by atoms with E-state index in [0.29, 0.717) is 17.1 Å². The van der Waals surface area contributed by atoms with Crippen molar-refractivity contribution in [1.29, 1.82) is 0 Å². The van der Waals surface area contributed by atoms with E-state index in [1.807, 2.05) is 62.4 Å². The van der Waals surface area contributed by atoms with Crippen LogP contribution in [0.25, 0.3) is 11.4 Å². The Kier molecular flexibility index (Phi) is 7.75. The molecule has 1 unspecified atom stereocenters. The van der Waals surface area contributed by atoms with Gasteiger partial charge in [-0.2, -0.15) is 0 Å². The van der Waals surface area contributed by atoms with E-state index in [1.165, 1.54) is 4.57 Å². The molecule has 4 rings (SSSR count). The second-order valence-electron chi connectivity index (χ2n) is 10.2. The lowest BCUT2D eigenvalue weighted by atomic mass is 9.85. The molecule has 2 heterocycles. The first-order chi connectivity index (χ1) is 18.5. The van der Waals surface area contributed by atoms with Crippen molar-refractivity contribution >= 4 is 17.4 Å². The van der Waals surface area contributed by atoms with Crippen LogP contribution in [0.4, 0.5) is 5.69 Å². The number of carbonyl (C=O) groups excluding carboxylic acids is 2. The fourth-order valence-corrected chi connectivity index (χ4v) is 4.21. The van der Waals surface area contributed by atoms with Crippen LogP contribution < -0.4 is 16.6 Å². The highest BCUT2D eigenvalue weighted by Gasteiger charge is 2.34. The van der Waals surface area contributed by atoms with Crippen molar-refractivity contribution in [3.8, 4) is 11.4 Å². The number of rotatable bonds is 9. The fourth-order valence-electron chi connectivity index (χ4n) is 4.21. The van der Waals surface area contributed by atoms with E-state index in [2.05, 4.69) is 20.5 Å². The van der Waals surface area contributed by atoms with Gasteiger partial charge in [0, 0.05) is 5.56 Å². The summed E-state index contributed by atoms with van der Waals surface area (Å²) in [6, 6.07) is 17.7. The molecule has 1 atom stereocenters. The number of nitrogen functional groups attached to an aromatic ring is 1. The minimum atomic E-state index is -0.961. The molecule has 4 aromatic rings. The smallest absolute Gasteiger partial charge is 0.286 e. The van der Waals surface area contributed by atoms with Crippen LogP contribution in [0.3, 0.4) is 0 Å². The number of hydrogen-bond acceptors (Lipinski definition) is 8. The van der Waals surface area contributed by atoms with Gasteiger partial charge in [-0.3, -0.25) is 19.0 Å². The summed E-state index contributed by atoms with van der Waals surface area (Å²) in [5.74, 6) is -0.985. The van der Waals surface area contributed by atoms with Crippen molar-refractivity contribution < 1.29 is 14.0 Å². The zero-order valence-electron chi connectivity index (χ0n) is 22.6. The summed E-state index contributed by atoms with van der Waals surface area (Å²) in [7, 11) is 0. The van der Waals surface area contributed by atoms with Gasteiger partial charge in [0.2, 0.25) is 17.6 Å². The molecule has 3 N–H and O–H groups in total. The number of nitrogens with one attached hydrogen (secondary N) is 1. The molecule has 0 radical (unpaired) electrons. The number of nitrogens with zero attached hydrogens (tertiary/aromatic N) is 4. The quantitative estimate of drug-likeness (QED) is 0.314. The molecule has 202 valence electrons. The van der Waals surface area contributed by atoms with Gasteiger partial charge in [0.1, 0.15) is 18.1 Å². The Bertz CT molecular complexity index is 1540. The fraction of sp³-hybridized carbons (Fsp3) is 0.310. The standard InChI is InChI=1S/C29H32N6O4/c1-17(2)23(24(37)26-33-34-28(39-26)29(4,5)20-14-10-7-11-15-20)32-21(36)16-35-25(19-12-8-6-9-13-19)31-18(3)22(30)27(35)38/h6-15,17,23H,16,30H2,1-5H3,(H,32,36). The number of Topliss-reactive ketones (excluding diaryl/α,β-unsaturated/α-hetero) is 1. The van der Waals surface area contributed by atoms with Crippen molar-refractivity contribution in [1.82, 2.24) is 25.1 Å². The summed E-state index contributed by atoms with van der Waals surface area (Å²) in [5.41, 5.74) is 6.72. The summed E-state index contributed by atoms with van der Waals surface area (Å²) < 4.78 is 7.03. The van der Waals surface area contributed by atoms with Crippen LogP contribution in [0, 0.1) is 12.8 Å². The van der Waals surface area contributed by atoms with Crippen LogP contribution in [0.1, 0.15) is 55.5 Å². The van der Waals surface area contributed by atoms with Crippen molar-refractivity contribution in [2.24, 2.45) is 5.92 Å². The molecule has 0 aliphatic rings. The highest BCUT2D eigenvalue weighted by molar-refractivity contribution is 5.98. The van der Waals surface area contributed by atoms with Crippen molar-refractivity contribution in [3.63, 3.8) is 0 Å². The van der Waals surface area contributed by atoms with Gasteiger partial charge in [-0.05, 0) is 32.3 Å². The molecule has 39 heavy (non-hydrogen) atoms. The highest BCUT2D eigenvalue weighted by atomic mass is 16.4. The summed E-state index contributed by atoms with van der Waals surface area (Å²) in [6.45, 7) is 8.69. The first-order valence-corrected chi connectivity index (χ1v) is 12.7. The van der Waals surface area contributed by atoms with E-state index >= 15 is 0 Å². The van der Waals surface area contributed by atoms with Crippen LogP contribution in [0.2, 0.25) is 0 Å². The number of ketones is 1. The first kappa shape index (κ1) is 27.4. The molecule has 1 amide bonds. The maximum Gasteiger partial charge on any atom is 0.286 e. The Hall–Kier alpha value is -4.60. The molecule has 0 spiro atoms. The van der Waals surface area contributed by atoms with E-state index < -0.39 is 28.7 Å². The number of aryl methyl sites for hydroxylation is 1. The van der Waals surface area contributed by atoms with Gasteiger partial charge in [0.05, 0.1) is 17.2 Å². The van der Waals surface area contributed by atoms with Crippen LogP contribution in [0.15, 0.2) is 69.9 Å². The monoisotopic (exact) mass is 528 g/mol. The zero-order chi connectivity index (χ0) is 28.3. The number of benzene rings is 2. The van der Waals surface area contributed by atoms with Gasteiger partial charge in [-0.25, -0.2) is 4.98 Å². The van der Waals surface area contributed by atoms with E-state index in [-0.39, 0.29) is 29.9 Å². The van der Waals surface area contributed by atoms with Gasteiger partial charge < -0.3 is 15.5 Å². The predicted molar refractivity (Wildman–Crippen MR) is 147 cm³/mol. The number of aromatic nitrogens is 4. The van der Waals surface area contributed by atoms with Crippen molar-refractivity contribution in [2.75, 3.05) is 5.73 Å². The van der Waals surface area contributed by atoms with Gasteiger partial charge in [0.25, 0.3) is 11.4 Å². The maximum absolute atomic E-state index is 13.4. The Morgan fingerprint density at radius 2 is 1.64 bits per heavy atom. The molecule has 10 heteroatoms. The lowest BCUT2D eigenvalue weighted by molar-refractivity contribution is -0.122. The molecule has 2 aromatic heterocycles. The summed E-state index contributed by atoms with van der Waals surface area (Å²) in [4.78, 5) is 44.1. The molecule has 0 fully saturated rings. The normalized spacial score (nSPS) is 12.4. The molecule has 10 nitrogen and oxygen atoms in total. The van der Waals surface area contributed by atoms with Crippen molar-refractivity contribution in [2.45, 2.75) is 52.6 Å². The predicted octanol–water partition coefficient (Wildman–Crippen LogP) is 3.53. The van der Waals surface area contributed by atoms with E-state index in [0.717, 1.165) is 5.56 Å². The average Bonchev–Trinajstić information content (AvgIpc) is 3.44. The SMILES string of the molecule is Cc1nc(-c2ccccc2)n(CC(=O)NC(C(=O)c2nnc(C(C)(C)c3ccccc3)o2)C(C)C)c(=O)c1N. The molecule has 0 aliphatic carbocycles. The largest absolute Gasteiger partial charge is 0.417 e. The molecule has 0 saturated carbocycles. The zero-order valence-corrected chi connectivity index (χ0v) is 22.6. The Balaban J connectivity index is 1.58. The van der Waals surface area contributed by atoms with Crippen LogP contribution in [0.5, 0.6) is 0 Å². The van der Waals surface area contributed by atoms with Crippen molar-refractivity contribution in [3.05, 3.63) is 94.1 Å². The number of amides is 1. The lowest BCUT2D eigenvalue weighted by Crippen LogP contribution is -2.46. The summed E-state index contributed by atoms with van der Waals surface area (Å²) in [6.07, 6.45) is 0. The van der Waals surface area contributed by atoms with Crippen LogP contribution in [-0.4, -0.2) is 37.5 Å². The lowest BCUT2D eigenvalue weighted by Gasteiger charge is -2.21. The minimum absolute atomic E-state index is 0.0432. The highest BCUT2D eigenvalue weighted by Crippen LogP contribution is 2.30. The third kappa shape index (κ3) is 5.64. The first-order valence-electron chi connectivity index (χ1n) is 12.7. The Morgan fingerprint density at radius 1 is 1.03 bits per heavy atom. The number of nitrogens with two attached hydrogens (primary N) is 1. The minimum Gasteiger partial charge on any atom is -0.417 e. The Morgan fingerprint density at radius 3 is 2.26 bits per heavy atom. The molecular formula is C29H32N6O4. The number of hydrogen-bond donors (Lipinski definition) is 2. The third-order valence-corrected chi connectivity index (χ3v) is 6.66. The summed E-state index contributed by atoms with van der Waals surface area (Å²) in [5, 5.41) is 10.9. The average molecular weight is 529 g/mol. The molecule has 0 bridgehead atoms. The van der Waals surface area contributed by atoms with E-state index in [9.17, 15) is 14.4 Å².